The number of cyclic esters (lactones) is 1. The van der Waals surface area contributed by atoms with Crippen LogP contribution in [0.1, 0.15) is 22.8 Å². The van der Waals surface area contributed by atoms with E-state index in [1.165, 1.54) is 31.2 Å². The number of sulfonamides is 1. The number of carbonyl (C=O) groups is 2. The van der Waals surface area contributed by atoms with Crippen molar-refractivity contribution < 1.29 is 22.7 Å². The smallest absolute Gasteiger partial charge is 0.339 e. The molecule has 3 N–H and O–H groups in total. The Morgan fingerprint density at radius 3 is 2.50 bits per heavy atom. The summed E-state index contributed by atoms with van der Waals surface area (Å²) in [5.41, 5.74) is -0.0855. The van der Waals surface area contributed by atoms with Gasteiger partial charge >= 0.3 is 5.97 Å². The number of nitrogens with two attached hydrogens (primary N) is 1. The predicted octanol–water partition coefficient (Wildman–Crippen LogP) is 2.10. The number of nitrogens with one attached hydrogen (secondary N) is 1. The molecule has 1 amide bonds. The molecule has 0 bridgehead atoms. The van der Waals surface area contributed by atoms with Crippen molar-refractivity contribution in [2.75, 3.05) is 5.32 Å². The van der Waals surface area contributed by atoms with E-state index in [9.17, 15) is 18.0 Å². The van der Waals surface area contributed by atoms with Gasteiger partial charge in [-0.05, 0) is 55.0 Å². The monoisotopic (exact) mass is 394 g/mol. The van der Waals surface area contributed by atoms with Gasteiger partial charge in [0, 0.05) is 17.1 Å². The summed E-state index contributed by atoms with van der Waals surface area (Å²) in [6.45, 7) is 1.50. The van der Waals surface area contributed by atoms with Crippen molar-refractivity contribution in [3.8, 4) is 0 Å². The molecule has 26 heavy (non-hydrogen) atoms. The first-order chi connectivity index (χ1) is 12.1. The third-order valence-electron chi connectivity index (χ3n) is 4.05. The summed E-state index contributed by atoms with van der Waals surface area (Å²) in [4.78, 5) is 24.8. The number of amides is 1. The number of carbonyl (C=O) groups excluding carboxylic acids is 2. The highest BCUT2D eigenvalue weighted by molar-refractivity contribution is 7.89. The van der Waals surface area contributed by atoms with E-state index < -0.39 is 27.5 Å². The molecule has 7 nitrogen and oxygen atoms in total. The van der Waals surface area contributed by atoms with Gasteiger partial charge in [-0.25, -0.2) is 18.4 Å². The van der Waals surface area contributed by atoms with Gasteiger partial charge < -0.3 is 10.1 Å². The second kappa shape index (κ2) is 6.39. The maximum absolute atomic E-state index is 12.6. The van der Waals surface area contributed by atoms with Crippen LogP contribution in [0.4, 0.5) is 5.69 Å². The number of halogens is 1. The van der Waals surface area contributed by atoms with E-state index in [2.05, 4.69) is 5.32 Å². The van der Waals surface area contributed by atoms with Crippen LogP contribution in [0.5, 0.6) is 0 Å². The van der Waals surface area contributed by atoms with Gasteiger partial charge in [0.25, 0.3) is 5.91 Å². The first-order valence-corrected chi connectivity index (χ1v) is 9.47. The Morgan fingerprint density at radius 1 is 1.23 bits per heavy atom. The fraction of sp³-hybridized carbons (Fsp3) is 0.176. The predicted molar refractivity (Wildman–Crippen MR) is 95.4 cm³/mol. The highest BCUT2D eigenvalue weighted by atomic mass is 35.5. The van der Waals surface area contributed by atoms with Gasteiger partial charge in [0.2, 0.25) is 10.0 Å². The molecule has 1 heterocycles. The van der Waals surface area contributed by atoms with Gasteiger partial charge in [-0.3, -0.25) is 4.79 Å². The lowest BCUT2D eigenvalue weighted by molar-refractivity contribution is -0.134. The van der Waals surface area contributed by atoms with Crippen molar-refractivity contribution in [1.82, 2.24) is 0 Å². The number of fused-ring (bicyclic) bond motifs is 1. The van der Waals surface area contributed by atoms with Crippen LogP contribution in [0.3, 0.4) is 0 Å². The highest BCUT2D eigenvalue weighted by Crippen LogP contribution is 2.31. The quantitative estimate of drug-likeness (QED) is 0.773. The maximum atomic E-state index is 12.6. The Hall–Kier alpha value is -2.42. The summed E-state index contributed by atoms with van der Waals surface area (Å²) in [6.07, 6.45) is 0.162. The molecule has 1 atom stereocenters. The van der Waals surface area contributed by atoms with Crippen molar-refractivity contribution in [3.63, 3.8) is 0 Å². The molecule has 3 rings (SSSR count). The molecule has 2 aromatic carbocycles. The Morgan fingerprint density at radius 2 is 1.88 bits per heavy atom. The molecule has 0 spiro atoms. The molecule has 1 aliphatic rings. The lowest BCUT2D eigenvalue weighted by Crippen LogP contribution is -2.48. The Balaban J connectivity index is 1.82. The third kappa shape index (κ3) is 3.57. The number of benzene rings is 2. The maximum Gasteiger partial charge on any atom is 0.339 e. The van der Waals surface area contributed by atoms with E-state index in [1.807, 2.05) is 0 Å². The van der Waals surface area contributed by atoms with Gasteiger partial charge in [-0.15, -0.1) is 0 Å². The van der Waals surface area contributed by atoms with Crippen LogP contribution in [-0.2, 0) is 26.0 Å². The molecule has 0 fully saturated rings. The minimum Gasteiger partial charge on any atom is -0.445 e. The summed E-state index contributed by atoms with van der Waals surface area (Å²) in [6, 6.07) is 10.1. The Labute approximate surface area is 155 Å². The summed E-state index contributed by atoms with van der Waals surface area (Å²) < 4.78 is 27.9. The van der Waals surface area contributed by atoms with Crippen molar-refractivity contribution in [1.29, 1.82) is 0 Å². The van der Waals surface area contributed by atoms with Crippen LogP contribution >= 0.6 is 11.6 Å². The summed E-state index contributed by atoms with van der Waals surface area (Å²) in [7, 11) is -3.82. The molecule has 0 saturated heterocycles. The molecule has 136 valence electrons. The number of hydrogen-bond donors (Lipinski definition) is 2. The molecular formula is C17H15ClN2O5S. The second-order valence-electron chi connectivity index (χ2n) is 6.12. The van der Waals surface area contributed by atoms with Crippen molar-refractivity contribution in [2.24, 2.45) is 5.14 Å². The van der Waals surface area contributed by atoms with Crippen LogP contribution in [-0.4, -0.2) is 25.9 Å². The van der Waals surface area contributed by atoms with Crippen LogP contribution in [0.2, 0.25) is 5.02 Å². The van der Waals surface area contributed by atoms with Crippen LogP contribution < -0.4 is 10.5 Å². The Kier molecular flexibility index (Phi) is 4.51. The average Bonchev–Trinajstić information content (AvgIpc) is 2.53. The number of ether oxygens (including phenoxy) is 1. The number of anilines is 1. The van der Waals surface area contributed by atoms with E-state index in [-0.39, 0.29) is 11.3 Å². The molecular weight excluding hydrogens is 380 g/mol. The second-order valence-corrected chi connectivity index (χ2v) is 8.12. The van der Waals surface area contributed by atoms with Crippen LogP contribution in [0.25, 0.3) is 0 Å². The SMILES string of the molecule is C[C@]1(C(=O)Nc2ccc(S(N)(=O)=O)cc2)Cc2cc(Cl)ccc2C(=O)O1. The fourth-order valence-corrected chi connectivity index (χ4v) is 3.39. The number of hydrogen-bond acceptors (Lipinski definition) is 5. The highest BCUT2D eigenvalue weighted by Gasteiger charge is 2.42. The fourth-order valence-electron chi connectivity index (χ4n) is 2.68. The molecule has 1 aliphatic heterocycles. The zero-order valence-corrected chi connectivity index (χ0v) is 15.2. The molecule has 0 saturated carbocycles. The largest absolute Gasteiger partial charge is 0.445 e. The molecule has 0 aromatic heterocycles. The summed E-state index contributed by atoms with van der Waals surface area (Å²) in [5, 5.41) is 8.11. The van der Waals surface area contributed by atoms with Gasteiger partial charge in [0.15, 0.2) is 5.60 Å². The van der Waals surface area contributed by atoms with Crippen molar-refractivity contribution in [2.45, 2.75) is 23.8 Å². The lowest BCUT2D eigenvalue weighted by atomic mass is 9.89. The minimum absolute atomic E-state index is 0.0747. The molecule has 0 unspecified atom stereocenters. The Bertz CT molecular complexity index is 1000. The summed E-state index contributed by atoms with van der Waals surface area (Å²) in [5.74, 6) is -1.15. The first-order valence-electron chi connectivity index (χ1n) is 7.55. The number of esters is 1. The normalized spacial score (nSPS) is 19.4. The summed E-state index contributed by atoms with van der Waals surface area (Å²) >= 11 is 5.97. The number of rotatable bonds is 3. The average molecular weight is 395 g/mol. The molecule has 9 heteroatoms. The van der Waals surface area contributed by atoms with E-state index >= 15 is 0 Å². The minimum atomic E-state index is -3.82. The third-order valence-corrected chi connectivity index (χ3v) is 5.22. The van der Waals surface area contributed by atoms with Gasteiger partial charge in [0.05, 0.1) is 10.5 Å². The van der Waals surface area contributed by atoms with Crippen LogP contribution in [0.15, 0.2) is 47.4 Å². The molecule has 0 radical (unpaired) electrons. The van der Waals surface area contributed by atoms with Crippen molar-refractivity contribution in [3.05, 3.63) is 58.6 Å². The standard InChI is InChI=1S/C17H15ClN2O5S/c1-17(9-10-8-11(18)2-7-14(10)15(21)25-17)16(22)20-12-3-5-13(6-4-12)26(19,23)24/h2-8H,9H2,1H3,(H,20,22)(H2,19,23,24)/t17-/m1/s1. The lowest BCUT2D eigenvalue weighted by Gasteiger charge is -2.33. The van der Waals surface area contributed by atoms with Crippen molar-refractivity contribution >= 4 is 39.2 Å². The zero-order valence-electron chi connectivity index (χ0n) is 13.7. The van der Waals surface area contributed by atoms with Crippen LogP contribution in [0, 0.1) is 0 Å². The van der Waals surface area contributed by atoms with E-state index in [0.29, 0.717) is 21.8 Å². The van der Waals surface area contributed by atoms with E-state index in [4.69, 9.17) is 21.5 Å². The molecule has 0 aliphatic carbocycles. The number of primary sulfonamides is 1. The van der Waals surface area contributed by atoms with Gasteiger partial charge in [-0.1, -0.05) is 11.6 Å². The van der Waals surface area contributed by atoms with Gasteiger partial charge in [0.1, 0.15) is 0 Å². The van der Waals surface area contributed by atoms with E-state index in [1.54, 1.807) is 18.2 Å². The topological polar surface area (TPSA) is 116 Å². The van der Waals surface area contributed by atoms with Gasteiger partial charge in [-0.2, -0.15) is 0 Å². The molecule has 2 aromatic rings. The van der Waals surface area contributed by atoms with E-state index in [0.717, 1.165) is 0 Å². The zero-order chi connectivity index (χ0) is 19.1. The first kappa shape index (κ1) is 18.4.